The Morgan fingerprint density at radius 1 is 1.65 bits per heavy atom. The van der Waals surface area contributed by atoms with Crippen LogP contribution in [0.5, 0.6) is 0 Å². The number of hydrogen-bond acceptors (Lipinski definition) is 4. The second-order valence-electron chi connectivity index (χ2n) is 4.97. The van der Waals surface area contributed by atoms with Gasteiger partial charge in [0.25, 0.3) is 5.56 Å². The third-order valence-corrected chi connectivity index (χ3v) is 3.82. The van der Waals surface area contributed by atoms with Crippen molar-refractivity contribution in [2.45, 2.75) is 26.2 Å². The third kappa shape index (κ3) is 3.30. The molecule has 0 saturated carbocycles. The Kier molecular flexibility index (Phi) is 5.00. The standard InChI is InChI=1S/C13H19ClN4O2/c1-2-5-15-12(19)9-4-3-6-18(8-9)10-7-16-17-13(20)11(10)14/h7,9H,2-6,8H2,1H3,(H,15,19)(H,17,20). The van der Waals surface area contributed by atoms with E-state index in [4.69, 9.17) is 11.6 Å². The van der Waals surface area contributed by atoms with Crippen LogP contribution in [-0.2, 0) is 4.79 Å². The SMILES string of the molecule is CCCNC(=O)C1CCCN(c2cn[nH]c(=O)c2Cl)C1. The first kappa shape index (κ1) is 14.8. The summed E-state index contributed by atoms with van der Waals surface area (Å²) >= 11 is 6.01. The van der Waals surface area contributed by atoms with E-state index in [-0.39, 0.29) is 16.8 Å². The molecular weight excluding hydrogens is 280 g/mol. The fraction of sp³-hybridized carbons (Fsp3) is 0.615. The fourth-order valence-electron chi connectivity index (χ4n) is 2.40. The van der Waals surface area contributed by atoms with E-state index in [1.807, 2.05) is 11.8 Å². The molecule has 1 unspecified atom stereocenters. The highest BCUT2D eigenvalue weighted by Crippen LogP contribution is 2.26. The number of piperidine rings is 1. The van der Waals surface area contributed by atoms with E-state index < -0.39 is 5.56 Å². The number of carbonyl (C=O) groups excluding carboxylic acids is 1. The van der Waals surface area contributed by atoms with E-state index in [1.165, 1.54) is 6.20 Å². The quantitative estimate of drug-likeness (QED) is 0.874. The summed E-state index contributed by atoms with van der Waals surface area (Å²) in [6.45, 7) is 4.07. The molecule has 110 valence electrons. The molecule has 7 heteroatoms. The molecule has 1 atom stereocenters. The van der Waals surface area contributed by atoms with Crippen molar-refractivity contribution in [1.82, 2.24) is 15.5 Å². The van der Waals surface area contributed by atoms with Gasteiger partial charge in [0.2, 0.25) is 5.91 Å². The van der Waals surface area contributed by atoms with E-state index >= 15 is 0 Å². The van der Waals surface area contributed by atoms with E-state index in [0.29, 0.717) is 18.8 Å². The predicted molar refractivity (Wildman–Crippen MR) is 78.1 cm³/mol. The number of carbonyl (C=O) groups is 1. The van der Waals surface area contributed by atoms with Crippen molar-refractivity contribution in [1.29, 1.82) is 0 Å². The van der Waals surface area contributed by atoms with Crippen LogP contribution < -0.4 is 15.8 Å². The van der Waals surface area contributed by atoms with Gasteiger partial charge in [-0.3, -0.25) is 9.59 Å². The van der Waals surface area contributed by atoms with Gasteiger partial charge in [-0.25, -0.2) is 5.10 Å². The summed E-state index contributed by atoms with van der Waals surface area (Å²) in [5.74, 6) is 0.0103. The third-order valence-electron chi connectivity index (χ3n) is 3.46. The highest BCUT2D eigenvalue weighted by atomic mass is 35.5. The molecule has 1 aromatic heterocycles. The lowest BCUT2D eigenvalue weighted by Gasteiger charge is -2.33. The number of H-pyrrole nitrogens is 1. The Morgan fingerprint density at radius 3 is 3.20 bits per heavy atom. The first-order valence-electron chi connectivity index (χ1n) is 6.89. The number of nitrogens with one attached hydrogen (secondary N) is 2. The summed E-state index contributed by atoms with van der Waals surface area (Å²) in [7, 11) is 0. The van der Waals surface area contributed by atoms with Gasteiger partial charge in [0, 0.05) is 19.6 Å². The Morgan fingerprint density at radius 2 is 2.45 bits per heavy atom. The van der Waals surface area contributed by atoms with Crippen LogP contribution in [0.2, 0.25) is 5.02 Å². The van der Waals surface area contributed by atoms with Gasteiger partial charge >= 0.3 is 0 Å². The van der Waals surface area contributed by atoms with Gasteiger partial charge in [0.1, 0.15) is 5.02 Å². The molecule has 0 aromatic carbocycles. The first-order valence-corrected chi connectivity index (χ1v) is 7.27. The molecule has 1 saturated heterocycles. The molecule has 6 nitrogen and oxygen atoms in total. The minimum atomic E-state index is -0.401. The summed E-state index contributed by atoms with van der Waals surface area (Å²) in [5, 5.41) is 9.12. The summed E-state index contributed by atoms with van der Waals surface area (Å²) < 4.78 is 0. The van der Waals surface area contributed by atoms with Crippen LogP contribution in [0.4, 0.5) is 5.69 Å². The number of aromatic amines is 1. The topological polar surface area (TPSA) is 78.1 Å². The van der Waals surface area contributed by atoms with Crippen LogP contribution in [0.15, 0.2) is 11.0 Å². The van der Waals surface area contributed by atoms with Gasteiger partial charge in [-0.1, -0.05) is 18.5 Å². The molecular formula is C13H19ClN4O2. The molecule has 0 radical (unpaired) electrons. The largest absolute Gasteiger partial charge is 0.368 e. The average molecular weight is 299 g/mol. The molecule has 0 bridgehead atoms. The number of halogens is 1. The van der Waals surface area contributed by atoms with Crippen LogP contribution in [0.1, 0.15) is 26.2 Å². The zero-order valence-electron chi connectivity index (χ0n) is 11.5. The fourth-order valence-corrected chi connectivity index (χ4v) is 2.61. The zero-order chi connectivity index (χ0) is 14.5. The Labute approximate surface area is 122 Å². The lowest BCUT2D eigenvalue weighted by Crippen LogP contribution is -2.43. The number of nitrogens with zero attached hydrogens (tertiary/aromatic N) is 2. The van der Waals surface area contributed by atoms with E-state index in [1.54, 1.807) is 0 Å². The normalized spacial score (nSPS) is 18.9. The molecule has 1 aliphatic heterocycles. The second kappa shape index (κ2) is 6.74. The van der Waals surface area contributed by atoms with Crippen molar-refractivity contribution < 1.29 is 4.79 Å². The van der Waals surface area contributed by atoms with Crippen molar-refractivity contribution in [3.05, 3.63) is 21.6 Å². The van der Waals surface area contributed by atoms with Crippen molar-refractivity contribution in [3.8, 4) is 0 Å². The van der Waals surface area contributed by atoms with Gasteiger partial charge < -0.3 is 10.2 Å². The molecule has 0 aliphatic carbocycles. The molecule has 1 aliphatic rings. The molecule has 1 aromatic rings. The Balaban J connectivity index is 2.08. The van der Waals surface area contributed by atoms with Gasteiger partial charge in [0.15, 0.2) is 0 Å². The highest BCUT2D eigenvalue weighted by Gasteiger charge is 2.27. The van der Waals surface area contributed by atoms with Gasteiger partial charge in [0.05, 0.1) is 17.8 Å². The number of rotatable bonds is 4. The molecule has 2 rings (SSSR count). The zero-order valence-corrected chi connectivity index (χ0v) is 12.2. The minimum Gasteiger partial charge on any atom is -0.368 e. The average Bonchev–Trinajstić information content (AvgIpc) is 2.47. The molecule has 2 heterocycles. The van der Waals surface area contributed by atoms with Crippen molar-refractivity contribution >= 4 is 23.2 Å². The number of hydrogen-bond donors (Lipinski definition) is 2. The minimum absolute atomic E-state index is 0.0642. The maximum atomic E-state index is 12.0. The lowest BCUT2D eigenvalue weighted by atomic mass is 9.97. The summed E-state index contributed by atoms with van der Waals surface area (Å²) in [5.41, 5.74) is 0.199. The molecule has 0 spiro atoms. The predicted octanol–water partition coefficient (Wildman–Crippen LogP) is 1.17. The van der Waals surface area contributed by atoms with Crippen LogP contribution in [0.25, 0.3) is 0 Å². The maximum absolute atomic E-state index is 12.0. The highest BCUT2D eigenvalue weighted by molar-refractivity contribution is 6.33. The maximum Gasteiger partial charge on any atom is 0.285 e. The van der Waals surface area contributed by atoms with Gasteiger partial charge in [-0.2, -0.15) is 5.10 Å². The Hall–Kier alpha value is -1.56. The van der Waals surface area contributed by atoms with Crippen molar-refractivity contribution in [2.24, 2.45) is 5.92 Å². The number of anilines is 1. The molecule has 2 N–H and O–H groups in total. The monoisotopic (exact) mass is 298 g/mol. The smallest absolute Gasteiger partial charge is 0.285 e. The molecule has 20 heavy (non-hydrogen) atoms. The number of aromatic nitrogens is 2. The van der Waals surface area contributed by atoms with E-state index in [9.17, 15) is 9.59 Å². The van der Waals surface area contributed by atoms with E-state index in [0.717, 1.165) is 25.8 Å². The molecule has 1 amide bonds. The summed E-state index contributed by atoms with van der Waals surface area (Å²) in [6.07, 6.45) is 4.22. The second-order valence-corrected chi connectivity index (χ2v) is 5.35. The van der Waals surface area contributed by atoms with Crippen LogP contribution in [-0.4, -0.2) is 35.7 Å². The van der Waals surface area contributed by atoms with Gasteiger partial charge in [-0.15, -0.1) is 0 Å². The van der Waals surface area contributed by atoms with Crippen LogP contribution in [0.3, 0.4) is 0 Å². The van der Waals surface area contributed by atoms with Crippen molar-refractivity contribution in [2.75, 3.05) is 24.5 Å². The van der Waals surface area contributed by atoms with Crippen LogP contribution in [0, 0.1) is 5.92 Å². The Bertz CT molecular complexity index is 531. The summed E-state index contributed by atoms with van der Waals surface area (Å²) in [6, 6.07) is 0. The van der Waals surface area contributed by atoms with Crippen molar-refractivity contribution in [3.63, 3.8) is 0 Å². The summed E-state index contributed by atoms with van der Waals surface area (Å²) in [4.78, 5) is 25.5. The van der Waals surface area contributed by atoms with Gasteiger partial charge in [-0.05, 0) is 19.3 Å². The number of amides is 1. The van der Waals surface area contributed by atoms with Crippen LogP contribution >= 0.6 is 11.6 Å². The lowest BCUT2D eigenvalue weighted by molar-refractivity contribution is -0.125. The molecule has 1 fully saturated rings. The first-order chi connectivity index (χ1) is 9.63. The van der Waals surface area contributed by atoms with E-state index in [2.05, 4.69) is 15.5 Å².